The average molecular weight is 322 g/mol. The molecular weight excluding hydrogens is 300 g/mol. The summed E-state index contributed by atoms with van der Waals surface area (Å²) in [6, 6.07) is -0.0645. The van der Waals surface area contributed by atoms with Crippen LogP contribution in [-0.4, -0.2) is 47.4 Å². The fraction of sp³-hybridized carbons (Fsp3) is 0.688. The van der Waals surface area contributed by atoms with Gasteiger partial charge in [-0.1, -0.05) is 6.42 Å². The van der Waals surface area contributed by atoms with Crippen LogP contribution in [0, 0.1) is 5.92 Å². The van der Waals surface area contributed by atoms with Crippen molar-refractivity contribution in [1.82, 2.24) is 9.88 Å². The highest BCUT2D eigenvalue weighted by Crippen LogP contribution is 2.28. The zero-order valence-electron chi connectivity index (χ0n) is 12.7. The summed E-state index contributed by atoms with van der Waals surface area (Å²) < 4.78 is 5.56. The van der Waals surface area contributed by atoms with Crippen LogP contribution in [0.15, 0.2) is 11.6 Å². The molecule has 2 atom stereocenters. The van der Waals surface area contributed by atoms with Gasteiger partial charge in [-0.05, 0) is 12.8 Å². The quantitative estimate of drug-likeness (QED) is 0.851. The van der Waals surface area contributed by atoms with Crippen LogP contribution < -0.4 is 0 Å². The molecule has 1 amide bonds. The number of hydrogen-bond donors (Lipinski definition) is 0. The molecule has 6 heteroatoms. The van der Waals surface area contributed by atoms with Gasteiger partial charge in [-0.2, -0.15) is 0 Å². The van der Waals surface area contributed by atoms with Crippen LogP contribution in [0.25, 0.3) is 0 Å². The second-order valence-corrected chi connectivity index (χ2v) is 6.95. The lowest BCUT2D eigenvalue weighted by Gasteiger charge is -2.40. The summed E-state index contributed by atoms with van der Waals surface area (Å²) in [5.41, 5.74) is 0. The molecular formula is C16H22N2O3S. The number of morpholine rings is 1. The number of carbonyl (C=O) groups excluding carboxylic acids is 2. The van der Waals surface area contributed by atoms with Crippen LogP contribution in [-0.2, 0) is 20.7 Å². The lowest BCUT2D eigenvalue weighted by atomic mass is 9.82. The summed E-state index contributed by atoms with van der Waals surface area (Å²) in [4.78, 5) is 30.9. The van der Waals surface area contributed by atoms with E-state index in [1.807, 2.05) is 10.3 Å². The second-order valence-electron chi connectivity index (χ2n) is 5.97. The van der Waals surface area contributed by atoms with E-state index < -0.39 is 0 Å². The molecule has 0 bridgehead atoms. The number of rotatable bonds is 4. The van der Waals surface area contributed by atoms with Crippen molar-refractivity contribution in [2.45, 2.75) is 44.6 Å². The molecule has 0 radical (unpaired) electrons. The molecule has 0 spiro atoms. The van der Waals surface area contributed by atoms with Gasteiger partial charge in [0.15, 0.2) is 0 Å². The number of hydrogen-bond acceptors (Lipinski definition) is 5. The summed E-state index contributed by atoms with van der Waals surface area (Å²) >= 11 is 1.58. The lowest BCUT2D eigenvalue weighted by Crippen LogP contribution is -2.54. The van der Waals surface area contributed by atoms with Crippen molar-refractivity contribution in [1.29, 1.82) is 0 Å². The molecule has 2 aliphatic rings. The molecule has 1 aromatic rings. The van der Waals surface area contributed by atoms with Crippen molar-refractivity contribution in [2.24, 2.45) is 5.92 Å². The Morgan fingerprint density at radius 3 is 3.14 bits per heavy atom. The molecule has 1 aliphatic heterocycles. The van der Waals surface area contributed by atoms with Crippen molar-refractivity contribution >= 4 is 23.0 Å². The summed E-state index contributed by atoms with van der Waals surface area (Å²) in [6.07, 6.45) is 6.52. The van der Waals surface area contributed by atoms with Crippen molar-refractivity contribution in [3.8, 4) is 0 Å². The Labute approximate surface area is 134 Å². The summed E-state index contributed by atoms with van der Waals surface area (Å²) in [7, 11) is 0. The van der Waals surface area contributed by atoms with Crippen LogP contribution >= 0.6 is 11.3 Å². The first-order valence-electron chi connectivity index (χ1n) is 8.04. The number of thiazole rings is 1. The van der Waals surface area contributed by atoms with E-state index in [1.165, 1.54) is 0 Å². The maximum atomic E-state index is 12.6. The molecule has 1 saturated heterocycles. The van der Waals surface area contributed by atoms with E-state index in [0.717, 1.165) is 24.3 Å². The Morgan fingerprint density at radius 1 is 1.45 bits per heavy atom. The Balaban J connectivity index is 1.63. The largest absolute Gasteiger partial charge is 0.377 e. The maximum Gasteiger partial charge on any atom is 0.223 e. The van der Waals surface area contributed by atoms with Gasteiger partial charge in [0.2, 0.25) is 5.91 Å². The van der Waals surface area contributed by atoms with E-state index in [2.05, 4.69) is 4.98 Å². The molecule has 1 aromatic heterocycles. The molecule has 120 valence electrons. The molecule has 0 N–H and O–H groups in total. The van der Waals surface area contributed by atoms with Crippen LogP contribution in [0.5, 0.6) is 0 Å². The van der Waals surface area contributed by atoms with Crippen molar-refractivity contribution < 1.29 is 14.3 Å². The number of aromatic nitrogens is 1. The summed E-state index contributed by atoms with van der Waals surface area (Å²) in [6.45, 7) is 1.67. The molecule has 2 fully saturated rings. The summed E-state index contributed by atoms with van der Waals surface area (Å²) in [5.74, 6) is 0.402. The zero-order chi connectivity index (χ0) is 15.4. The van der Waals surface area contributed by atoms with Gasteiger partial charge in [-0.25, -0.2) is 4.98 Å². The van der Waals surface area contributed by atoms with Crippen LogP contribution in [0.3, 0.4) is 0 Å². The monoisotopic (exact) mass is 322 g/mol. The number of ketones is 1. The Morgan fingerprint density at radius 2 is 2.36 bits per heavy atom. The lowest BCUT2D eigenvalue weighted by molar-refractivity contribution is -0.146. The first-order chi connectivity index (χ1) is 10.8. The topological polar surface area (TPSA) is 59.5 Å². The molecule has 2 unspecified atom stereocenters. The molecule has 1 aliphatic carbocycles. The molecule has 2 heterocycles. The minimum atomic E-state index is -0.0645. The van der Waals surface area contributed by atoms with Gasteiger partial charge in [-0.3, -0.25) is 9.59 Å². The van der Waals surface area contributed by atoms with Crippen LogP contribution in [0.2, 0.25) is 0 Å². The van der Waals surface area contributed by atoms with Gasteiger partial charge in [-0.15, -0.1) is 11.3 Å². The standard InChI is InChI=1S/C16H22N2O3S/c19-14-4-2-1-3-12(14)13-11-21-9-8-18(13)16(20)6-5-15-17-7-10-22-15/h7,10,12-13H,1-6,8-9,11H2. The molecule has 3 rings (SSSR count). The van der Waals surface area contributed by atoms with Crippen molar-refractivity contribution in [3.63, 3.8) is 0 Å². The van der Waals surface area contributed by atoms with Gasteiger partial charge < -0.3 is 9.64 Å². The predicted octanol–water partition coefficient (Wildman–Crippen LogP) is 2.06. The number of Topliss-reactive ketones (excluding diaryl/α,β-unsaturated/α-hetero) is 1. The second kappa shape index (κ2) is 7.33. The van der Waals surface area contributed by atoms with E-state index in [-0.39, 0.29) is 17.9 Å². The highest BCUT2D eigenvalue weighted by molar-refractivity contribution is 7.09. The average Bonchev–Trinajstić information content (AvgIpc) is 3.06. The minimum absolute atomic E-state index is 0.0298. The molecule has 22 heavy (non-hydrogen) atoms. The van der Waals surface area contributed by atoms with Gasteiger partial charge >= 0.3 is 0 Å². The van der Waals surface area contributed by atoms with Crippen LogP contribution in [0.1, 0.15) is 37.1 Å². The van der Waals surface area contributed by atoms with Gasteiger partial charge in [0.05, 0.1) is 24.3 Å². The number of ether oxygens (including phenoxy) is 1. The SMILES string of the molecule is O=C1CCCCC1C1COCCN1C(=O)CCc1nccs1. The molecule has 5 nitrogen and oxygen atoms in total. The van der Waals surface area contributed by atoms with E-state index in [1.54, 1.807) is 17.5 Å². The fourth-order valence-electron chi connectivity index (χ4n) is 3.42. The highest BCUT2D eigenvalue weighted by Gasteiger charge is 2.37. The van der Waals surface area contributed by atoms with Crippen LogP contribution in [0.4, 0.5) is 0 Å². The zero-order valence-corrected chi connectivity index (χ0v) is 13.5. The maximum absolute atomic E-state index is 12.6. The Bertz CT molecular complexity index is 517. The third kappa shape index (κ3) is 3.55. The van der Waals surface area contributed by atoms with E-state index in [4.69, 9.17) is 4.74 Å². The molecule has 0 aromatic carbocycles. The normalized spacial score (nSPS) is 26.2. The van der Waals surface area contributed by atoms with E-state index in [0.29, 0.717) is 44.8 Å². The third-order valence-electron chi connectivity index (χ3n) is 4.59. The smallest absolute Gasteiger partial charge is 0.223 e. The van der Waals surface area contributed by atoms with Crippen molar-refractivity contribution in [3.05, 3.63) is 16.6 Å². The number of amides is 1. The van der Waals surface area contributed by atoms with E-state index >= 15 is 0 Å². The van der Waals surface area contributed by atoms with Gasteiger partial charge in [0, 0.05) is 43.3 Å². The van der Waals surface area contributed by atoms with E-state index in [9.17, 15) is 9.59 Å². The first-order valence-corrected chi connectivity index (χ1v) is 8.92. The fourth-order valence-corrected chi connectivity index (χ4v) is 4.04. The first kappa shape index (κ1) is 15.6. The van der Waals surface area contributed by atoms with Gasteiger partial charge in [0.1, 0.15) is 5.78 Å². The Hall–Kier alpha value is -1.27. The molecule has 1 saturated carbocycles. The Kier molecular flexibility index (Phi) is 5.20. The number of aryl methyl sites for hydroxylation is 1. The summed E-state index contributed by atoms with van der Waals surface area (Å²) in [5, 5.41) is 2.92. The van der Waals surface area contributed by atoms with Gasteiger partial charge in [0.25, 0.3) is 0 Å². The third-order valence-corrected chi connectivity index (χ3v) is 5.43. The highest BCUT2D eigenvalue weighted by atomic mass is 32.1. The minimum Gasteiger partial charge on any atom is -0.377 e. The number of carbonyl (C=O) groups is 2. The number of nitrogens with zero attached hydrogens (tertiary/aromatic N) is 2. The van der Waals surface area contributed by atoms with Crippen molar-refractivity contribution in [2.75, 3.05) is 19.8 Å². The predicted molar refractivity (Wildman–Crippen MR) is 83.7 cm³/mol.